The first-order valence-corrected chi connectivity index (χ1v) is 6.60. The summed E-state index contributed by atoms with van der Waals surface area (Å²) in [5.74, 6) is -1.52. The molecule has 0 radical (unpaired) electrons. The van der Waals surface area contributed by atoms with Gasteiger partial charge in [0.1, 0.15) is 5.92 Å². The van der Waals surface area contributed by atoms with E-state index in [1.54, 1.807) is 14.0 Å². The molecule has 0 aliphatic carbocycles. The largest absolute Gasteiger partial charge is 1.00 e. The summed E-state index contributed by atoms with van der Waals surface area (Å²) in [5.41, 5.74) is 0.569. The molecule has 1 rings (SSSR count). The number of carbonyl (C=O) groups excluding carboxylic acids is 3. The lowest BCUT2D eigenvalue weighted by molar-refractivity contribution is -0.519. The number of hydrogen-bond donors (Lipinski definition) is 0. The number of nitrogens with one attached hydrogen (secondary N) is 1. The van der Waals surface area contributed by atoms with Gasteiger partial charge in [0.25, 0.3) is 0 Å². The number of ether oxygens (including phenoxy) is 1. The lowest BCUT2D eigenvalue weighted by Crippen LogP contribution is -3.00. The van der Waals surface area contributed by atoms with Gasteiger partial charge in [-0.2, -0.15) is 14.7 Å². The lowest BCUT2D eigenvalue weighted by Gasteiger charge is -2.18. The van der Waals surface area contributed by atoms with Crippen molar-refractivity contribution in [2.24, 2.45) is 13.0 Å². The molecule has 1 N–H and O–H groups in total. The van der Waals surface area contributed by atoms with Crippen molar-refractivity contribution in [3.8, 4) is 0 Å². The Morgan fingerprint density at radius 2 is 2.09 bits per heavy atom. The van der Waals surface area contributed by atoms with Gasteiger partial charge in [-0.05, 0) is 13.3 Å². The molecular weight excluding hydrogens is 332 g/mol. The topological polar surface area (TPSA) is 136 Å². The van der Waals surface area contributed by atoms with Crippen molar-refractivity contribution >= 4 is 12.1 Å². The number of aromatic nitrogens is 3. The molecule has 1 heterocycles. The van der Waals surface area contributed by atoms with Gasteiger partial charge in [-0.15, -0.1) is 0 Å². The fourth-order valence-corrected chi connectivity index (χ4v) is 2.04. The Morgan fingerprint density at radius 1 is 1.52 bits per heavy atom. The monoisotopic (exact) mass is 350 g/mol. The van der Waals surface area contributed by atoms with E-state index in [1.807, 2.05) is 6.92 Å². The number of esters is 1. The van der Waals surface area contributed by atoms with Gasteiger partial charge in [-0.1, -0.05) is 11.7 Å². The van der Waals surface area contributed by atoms with Crippen LogP contribution in [0.2, 0.25) is 0 Å². The summed E-state index contributed by atoms with van der Waals surface area (Å²) >= 11 is 0. The van der Waals surface area contributed by atoms with Gasteiger partial charge in [0.05, 0.1) is 19.6 Å². The lowest BCUT2D eigenvalue weighted by atomic mass is 9.87. The maximum Gasteiger partial charge on any atom is 0.373 e. The molecule has 1 unspecified atom stereocenters. The number of halogens is 1. The summed E-state index contributed by atoms with van der Waals surface area (Å²) in [4.78, 5) is 40.0. The van der Waals surface area contributed by atoms with Crippen LogP contribution in [0.1, 0.15) is 31.9 Å². The summed E-state index contributed by atoms with van der Waals surface area (Å²) in [6.07, 6.45) is 2.23. The molecule has 23 heavy (non-hydrogen) atoms. The maximum absolute atomic E-state index is 11.9. The molecule has 0 aliphatic heterocycles. The average Bonchev–Trinajstić information content (AvgIpc) is 2.86. The van der Waals surface area contributed by atoms with Crippen molar-refractivity contribution in [3.05, 3.63) is 22.0 Å². The highest BCUT2D eigenvalue weighted by molar-refractivity contribution is 5.73. The first kappa shape index (κ1) is 23.0. The number of rotatable bonds is 7. The van der Waals surface area contributed by atoms with Crippen LogP contribution in [0.15, 0.2) is 6.20 Å². The summed E-state index contributed by atoms with van der Waals surface area (Å²) in [6, 6.07) is 0. The minimum atomic E-state index is -0.562. The molecule has 0 saturated heterocycles. The number of H-pyrrole nitrogens is 1. The SMILES string of the molecule is CCOC(=O)C(CC)[C@H](C[N+](=O)[O-])c1cnn(C)[nH+]1.O=C=O.[Cl-]. The quantitative estimate of drug-likeness (QED) is 0.284. The Hall–Kier alpha value is -2.32. The predicted octanol–water partition coefficient (Wildman–Crippen LogP) is -3.40. The van der Waals surface area contributed by atoms with Crippen LogP contribution in [0.5, 0.6) is 0 Å². The number of carbonyl (C=O) groups is 1. The predicted molar refractivity (Wildman–Crippen MR) is 69.8 cm³/mol. The van der Waals surface area contributed by atoms with E-state index in [0.717, 1.165) is 0 Å². The van der Waals surface area contributed by atoms with Gasteiger partial charge < -0.3 is 17.1 Å². The molecule has 0 bridgehead atoms. The Balaban J connectivity index is 0. The highest BCUT2D eigenvalue weighted by Gasteiger charge is 2.37. The smallest absolute Gasteiger partial charge is 0.373 e. The molecular formula is C12H19ClN4O6. The van der Waals surface area contributed by atoms with Crippen LogP contribution in [0.3, 0.4) is 0 Å². The molecule has 11 heteroatoms. The van der Waals surface area contributed by atoms with Gasteiger partial charge in [-0.25, -0.2) is 0 Å². The van der Waals surface area contributed by atoms with Gasteiger partial charge >= 0.3 is 12.1 Å². The molecule has 1 aromatic rings. The second kappa shape index (κ2) is 12.2. The molecule has 10 nitrogen and oxygen atoms in total. The van der Waals surface area contributed by atoms with E-state index in [2.05, 4.69) is 10.2 Å². The van der Waals surface area contributed by atoms with Crippen molar-refractivity contribution in [2.75, 3.05) is 13.2 Å². The van der Waals surface area contributed by atoms with Crippen molar-refractivity contribution in [2.45, 2.75) is 26.2 Å². The molecule has 0 spiro atoms. The Bertz CT molecular complexity index is 529. The van der Waals surface area contributed by atoms with Crippen LogP contribution in [0.4, 0.5) is 0 Å². The molecule has 0 amide bonds. The van der Waals surface area contributed by atoms with Crippen molar-refractivity contribution in [1.29, 1.82) is 0 Å². The Morgan fingerprint density at radius 3 is 2.43 bits per heavy atom. The summed E-state index contributed by atoms with van der Waals surface area (Å²) in [6.45, 7) is 3.45. The number of nitrogens with zero attached hydrogens (tertiary/aromatic N) is 3. The molecule has 0 aliphatic rings. The minimum absolute atomic E-state index is 0. The van der Waals surface area contributed by atoms with E-state index in [4.69, 9.17) is 14.3 Å². The average molecular weight is 351 g/mol. The summed E-state index contributed by atoms with van der Waals surface area (Å²) in [7, 11) is 1.68. The second-order valence-corrected chi connectivity index (χ2v) is 4.31. The highest BCUT2D eigenvalue weighted by Crippen LogP contribution is 2.26. The van der Waals surface area contributed by atoms with E-state index >= 15 is 0 Å². The zero-order valence-electron chi connectivity index (χ0n) is 13.0. The van der Waals surface area contributed by atoms with E-state index in [0.29, 0.717) is 12.1 Å². The zero-order chi connectivity index (χ0) is 17.1. The van der Waals surface area contributed by atoms with Crippen LogP contribution in [0, 0.1) is 16.0 Å². The standard InChI is InChI=1S/C11H18N4O4.CO2.ClH/c1-4-8(11(16)19-5-2)9(7-15(17)18)10-6-12-14(3)13-10;2-1-3;/h6,8-9H,4-5,7H2,1-3H3;;1H/t8?,9-;;/m0../s1. The van der Waals surface area contributed by atoms with E-state index in [1.165, 1.54) is 11.0 Å². The fourth-order valence-electron chi connectivity index (χ4n) is 2.04. The van der Waals surface area contributed by atoms with Gasteiger partial charge in [0.2, 0.25) is 12.7 Å². The second-order valence-electron chi connectivity index (χ2n) is 4.31. The fraction of sp³-hybridized carbons (Fsp3) is 0.667. The van der Waals surface area contributed by atoms with Gasteiger partial charge in [0.15, 0.2) is 5.69 Å². The van der Waals surface area contributed by atoms with Crippen molar-refractivity contribution in [3.63, 3.8) is 0 Å². The van der Waals surface area contributed by atoms with Gasteiger partial charge in [0, 0.05) is 10.0 Å². The Labute approximate surface area is 138 Å². The van der Waals surface area contributed by atoms with Crippen LogP contribution < -0.4 is 17.5 Å². The first-order chi connectivity index (χ1) is 10.4. The Kier molecular flexibility index (Phi) is 12.2. The number of hydrogen-bond acceptors (Lipinski definition) is 7. The van der Waals surface area contributed by atoms with E-state index in [9.17, 15) is 14.9 Å². The van der Waals surface area contributed by atoms with Crippen molar-refractivity contribution < 1.29 is 41.5 Å². The van der Waals surface area contributed by atoms with E-state index in [-0.39, 0.29) is 31.7 Å². The number of aromatic amines is 1. The van der Waals surface area contributed by atoms with E-state index < -0.39 is 22.7 Å². The third kappa shape index (κ3) is 8.03. The third-order valence-electron chi connectivity index (χ3n) is 2.92. The summed E-state index contributed by atoms with van der Waals surface area (Å²) < 4.78 is 4.98. The summed E-state index contributed by atoms with van der Waals surface area (Å²) in [5, 5.41) is 17.6. The van der Waals surface area contributed by atoms with Crippen LogP contribution in [-0.2, 0) is 26.2 Å². The molecule has 130 valence electrons. The molecule has 1 aromatic heterocycles. The normalized spacial score (nSPS) is 11.8. The molecule has 0 saturated carbocycles. The minimum Gasteiger partial charge on any atom is -1.00 e. The molecule has 0 fully saturated rings. The van der Waals surface area contributed by atoms with Crippen LogP contribution in [-0.4, -0.2) is 40.1 Å². The molecule has 0 aromatic carbocycles. The van der Waals surface area contributed by atoms with Crippen LogP contribution in [0.25, 0.3) is 0 Å². The van der Waals surface area contributed by atoms with Crippen molar-refractivity contribution in [1.82, 2.24) is 9.90 Å². The number of nitro groups is 1. The van der Waals surface area contributed by atoms with Gasteiger partial charge in [-0.3, -0.25) is 14.9 Å². The first-order valence-electron chi connectivity index (χ1n) is 6.60. The number of aryl methyl sites for hydroxylation is 1. The maximum atomic E-state index is 11.9. The third-order valence-corrected chi connectivity index (χ3v) is 2.92. The highest BCUT2D eigenvalue weighted by atomic mass is 35.5. The zero-order valence-corrected chi connectivity index (χ0v) is 13.8. The molecule has 2 atom stereocenters. The van der Waals surface area contributed by atoms with Crippen LogP contribution >= 0.6 is 0 Å².